The van der Waals surface area contributed by atoms with Crippen LogP contribution in [0.15, 0.2) is 24.7 Å². The smallest absolute Gasteiger partial charge is 0.255 e. The molecule has 0 spiro atoms. The second-order valence-corrected chi connectivity index (χ2v) is 5.33. The van der Waals surface area contributed by atoms with Crippen molar-refractivity contribution in [3.05, 3.63) is 41.7 Å². The third kappa shape index (κ3) is 2.67. The van der Waals surface area contributed by atoms with E-state index in [1.54, 1.807) is 40.9 Å². The van der Waals surface area contributed by atoms with Gasteiger partial charge in [-0.1, -0.05) is 13.8 Å². The van der Waals surface area contributed by atoms with Crippen LogP contribution in [0, 0.1) is 0 Å². The maximum absolute atomic E-state index is 12.3. The van der Waals surface area contributed by atoms with Crippen molar-refractivity contribution in [3.8, 4) is 0 Å². The molecule has 22 heavy (non-hydrogen) atoms. The van der Waals surface area contributed by atoms with Crippen molar-refractivity contribution in [3.63, 3.8) is 0 Å². The number of carbonyl (C=O) groups excluding carboxylic acids is 1. The Balaban J connectivity index is 1.74. The van der Waals surface area contributed by atoms with E-state index in [1.807, 2.05) is 13.8 Å². The topological polar surface area (TPSA) is 90.0 Å². The monoisotopic (exact) mass is 299 g/mol. The zero-order valence-electron chi connectivity index (χ0n) is 12.7. The van der Waals surface area contributed by atoms with Crippen LogP contribution < -0.4 is 5.32 Å². The third-order valence-electron chi connectivity index (χ3n) is 3.22. The number of amides is 1. The number of rotatable bonds is 4. The van der Waals surface area contributed by atoms with E-state index < -0.39 is 0 Å². The molecule has 3 heterocycles. The Bertz CT molecular complexity index is 785. The second-order valence-electron chi connectivity index (χ2n) is 5.33. The summed E-state index contributed by atoms with van der Waals surface area (Å²) in [6.45, 7) is 4.26. The fourth-order valence-electron chi connectivity index (χ4n) is 2.21. The van der Waals surface area contributed by atoms with E-state index in [0.29, 0.717) is 17.2 Å². The maximum Gasteiger partial charge on any atom is 0.255 e. The van der Waals surface area contributed by atoms with Gasteiger partial charge in [0.15, 0.2) is 5.82 Å². The van der Waals surface area contributed by atoms with Gasteiger partial charge in [-0.3, -0.25) is 9.48 Å². The van der Waals surface area contributed by atoms with Crippen molar-refractivity contribution in [1.82, 2.24) is 34.7 Å². The van der Waals surface area contributed by atoms with Crippen molar-refractivity contribution in [2.75, 3.05) is 0 Å². The number of hydrogen-bond acceptors (Lipinski definition) is 5. The van der Waals surface area contributed by atoms with Gasteiger partial charge in [-0.15, -0.1) is 5.10 Å². The van der Waals surface area contributed by atoms with Crippen LogP contribution in [0.5, 0.6) is 0 Å². The molecule has 0 unspecified atom stereocenters. The molecular formula is C14H17N7O. The first-order valence-electron chi connectivity index (χ1n) is 7.02. The Morgan fingerprint density at radius 1 is 1.36 bits per heavy atom. The van der Waals surface area contributed by atoms with Crippen LogP contribution in [0.25, 0.3) is 5.78 Å². The summed E-state index contributed by atoms with van der Waals surface area (Å²) >= 11 is 0. The van der Waals surface area contributed by atoms with Gasteiger partial charge in [0.05, 0.1) is 17.8 Å². The summed E-state index contributed by atoms with van der Waals surface area (Å²) < 4.78 is 3.22. The van der Waals surface area contributed by atoms with Gasteiger partial charge >= 0.3 is 0 Å². The van der Waals surface area contributed by atoms with Gasteiger partial charge in [-0.25, -0.2) is 9.50 Å². The van der Waals surface area contributed by atoms with E-state index in [2.05, 4.69) is 25.5 Å². The second kappa shape index (κ2) is 5.55. The molecule has 0 aliphatic heterocycles. The third-order valence-corrected chi connectivity index (χ3v) is 3.22. The molecule has 8 heteroatoms. The van der Waals surface area contributed by atoms with E-state index in [-0.39, 0.29) is 18.4 Å². The van der Waals surface area contributed by atoms with Crippen LogP contribution in [0.1, 0.15) is 41.6 Å². The molecule has 1 amide bonds. The van der Waals surface area contributed by atoms with Crippen molar-refractivity contribution in [2.45, 2.75) is 26.3 Å². The van der Waals surface area contributed by atoms with Gasteiger partial charge in [0.2, 0.25) is 0 Å². The van der Waals surface area contributed by atoms with Crippen LogP contribution in [0.3, 0.4) is 0 Å². The molecule has 3 aromatic heterocycles. The Morgan fingerprint density at radius 3 is 2.91 bits per heavy atom. The van der Waals surface area contributed by atoms with Gasteiger partial charge < -0.3 is 5.32 Å². The lowest BCUT2D eigenvalue weighted by Gasteiger charge is -2.05. The summed E-state index contributed by atoms with van der Waals surface area (Å²) in [7, 11) is 1.80. The minimum absolute atomic E-state index is 0.177. The van der Waals surface area contributed by atoms with Gasteiger partial charge in [0, 0.05) is 25.6 Å². The molecule has 0 saturated carbocycles. The molecule has 0 saturated heterocycles. The highest BCUT2D eigenvalue weighted by atomic mass is 16.1. The summed E-state index contributed by atoms with van der Waals surface area (Å²) in [4.78, 5) is 20.7. The molecule has 0 aliphatic rings. The molecule has 3 rings (SSSR count). The first kappa shape index (κ1) is 14.2. The number of aromatic nitrogens is 6. The molecule has 0 aromatic carbocycles. The summed E-state index contributed by atoms with van der Waals surface area (Å²) in [5, 5.41) is 11.4. The highest BCUT2D eigenvalue weighted by molar-refractivity contribution is 5.95. The predicted molar refractivity (Wildman–Crippen MR) is 79.2 cm³/mol. The lowest BCUT2D eigenvalue weighted by Crippen LogP contribution is -2.24. The molecule has 0 bridgehead atoms. The summed E-state index contributed by atoms with van der Waals surface area (Å²) in [5.74, 6) is 1.03. The fraction of sp³-hybridized carbons (Fsp3) is 0.357. The minimum Gasteiger partial charge on any atom is -0.345 e. The summed E-state index contributed by atoms with van der Waals surface area (Å²) in [6, 6.07) is 1.77. The van der Waals surface area contributed by atoms with Crippen molar-refractivity contribution in [2.24, 2.45) is 7.05 Å². The molecular weight excluding hydrogens is 282 g/mol. The molecule has 3 aromatic rings. The van der Waals surface area contributed by atoms with Crippen LogP contribution in [-0.2, 0) is 13.6 Å². The van der Waals surface area contributed by atoms with Gasteiger partial charge in [0.25, 0.3) is 11.7 Å². The van der Waals surface area contributed by atoms with E-state index in [1.165, 1.54) is 0 Å². The highest BCUT2D eigenvalue weighted by Gasteiger charge is 2.18. The molecule has 0 aliphatic carbocycles. The van der Waals surface area contributed by atoms with Gasteiger partial charge in [-0.2, -0.15) is 10.1 Å². The zero-order chi connectivity index (χ0) is 15.7. The number of fused-ring (bicyclic) bond motifs is 1. The molecule has 0 atom stereocenters. The van der Waals surface area contributed by atoms with Crippen molar-refractivity contribution < 1.29 is 4.79 Å². The molecule has 114 valence electrons. The van der Waals surface area contributed by atoms with Gasteiger partial charge in [0.1, 0.15) is 0 Å². The average molecular weight is 299 g/mol. The predicted octanol–water partition coefficient (Wildman–Crippen LogP) is 0.911. The van der Waals surface area contributed by atoms with Crippen molar-refractivity contribution >= 4 is 11.7 Å². The fourth-order valence-corrected chi connectivity index (χ4v) is 2.21. The average Bonchev–Trinajstić information content (AvgIpc) is 3.07. The SMILES string of the molecule is CC(C)c1nn(C)cc1C(=O)NCc1nc2ncccn2n1. The summed E-state index contributed by atoms with van der Waals surface area (Å²) in [6.07, 6.45) is 5.14. The molecule has 8 nitrogen and oxygen atoms in total. The number of nitrogens with one attached hydrogen (secondary N) is 1. The number of aryl methyl sites for hydroxylation is 1. The van der Waals surface area contributed by atoms with Crippen LogP contribution in [0.2, 0.25) is 0 Å². The van der Waals surface area contributed by atoms with Gasteiger partial charge in [-0.05, 0) is 12.0 Å². The molecule has 1 N–H and O–H groups in total. The molecule has 0 radical (unpaired) electrons. The van der Waals surface area contributed by atoms with Crippen molar-refractivity contribution in [1.29, 1.82) is 0 Å². The van der Waals surface area contributed by atoms with Crippen LogP contribution >= 0.6 is 0 Å². The van der Waals surface area contributed by atoms with E-state index >= 15 is 0 Å². The van der Waals surface area contributed by atoms with Crippen LogP contribution in [-0.4, -0.2) is 35.3 Å². The number of carbonyl (C=O) groups is 1. The maximum atomic E-state index is 12.3. The normalized spacial score (nSPS) is 11.3. The summed E-state index contributed by atoms with van der Waals surface area (Å²) in [5.41, 5.74) is 1.36. The zero-order valence-corrected chi connectivity index (χ0v) is 12.7. The largest absolute Gasteiger partial charge is 0.345 e. The first-order chi connectivity index (χ1) is 10.5. The Labute approximate surface area is 127 Å². The van der Waals surface area contributed by atoms with E-state index in [9.17, 15) is 4.79 Å². The molecule has 0 fully saturated rings. The lowest BCUT2D eigenvalue weighted by atomic mass is 10.1. The Kier molecular flexibility index (Phi) is 3.58. The van der Waals surface area contributed by atoms with Crippen LogP contribution in [0.4, 0.5) is 0 Å². The Hall–Kier alpha value is -2.77. The first-order valence-corrected chi connectivity index (χ1v) is 7.02. The van der Waals surface area contributed by atoms with E-state index in [0.717, 1.165) is 5.69 Å². The number of nitrogens with zero attached hydrogens (tertiary/aromatic N) is 6. The standard InChI is InChI=1S/C14H17N7O/c1-9(2)12-10(8-20(3)19-12)13(22)16-7-11-17-14-15-5-4-6-21(14)18-11/h4-6,8-9H,7H2,1-3H3,(H,16,22). The Morgan fingerprint density at radius 2 is 2.18 bits per heavy atom. The quantitative estimate of drug-likeness (QED) is 0.773. The number of hydrogen-bond donors (Lipinski definition) is 1. The minimum atomic E-state index is -0.177. The lowest BCUT2D eigenvalue weighted by molar-refractivity contribution is 0.0948. The highest BCUT2D eigenvalue weighted by Crippen LogP contribution is 2.17. The van der Waals surface area contributed by atoms with E-state index in [4.69, 9.17) is 0 Å².